The van der Waals surface area contributed by atoms with Crippen molar-refractivity contribution in [3.8, 4) is 5.88 Å². The Kier molecular flexibility index (Phi) is 5.34. The van der Waals surface area contributed by atoms with Gasteiger partial charge in [0.15, 0.2) is 0 Å². The lowest BCUT2D eigenvalue weighted by molar-refractivity contribution is 0.387. The molecular formula is C18H24N2O. The maximum absolute atomic E-state index is 5.40. The van der Waals surface area contributed by atoms with Crippen molar-refractivity contribution in [2.24, 2.45) is 0 Å². The van der Waals surface area contributed by atoms with E-state index in [0.29, 0.717) is 11.8 Å². The van der Waals surface area contributed by atoms with Gasteiger partial charge in [-0.15, -0.1) is 0 Å². The molecule has 0 radical (unpaired) electrons. The Morgan fingerprint density at radius 3 is 2.33 bits per heavy atom. The van der Waals surface area contributed by atoms with Crippen LogP contribution in [0.3, 0.4) is 0 Å². The van der Waals surface area contributed by atoms with Crippen molar-refractivity contribution in [1.29, 1.82) is 0 Å². The molecule has 21 heavy (non-hydrogen) atoms. The number of rotatable bonds is 6. The van der Waals surface area contributed by atoms with E-state index in [2.05, 4.69) is 61.4 Å². The highest BCUT2D eigenvalue weighted by atomic mass is 16.5. The Morgan fingerprint density at radius 1 is 1.10 bits per heavy atom. The quantitative estimate of drug-likeness (QED) is 0.873. The van der Waals surface area contributed by atoms with Crippen molar-refractivity contribution in [3.63, 3.8) is 0 Å². The topological polar surface area (TPSA) is 34.2 Å². The van der Waals surface area contributed by atoms with E-state index in [1.807, 2.05) is 6.07 Å². The Labute approximate surface area is 127 Å². The summed E-state index contributed by atoms with van der Waals surface area (Å²) >= 11 is 0. The van der Waals surface area contributed by atoms with Crippen LogP contribution in [0.1, 0.15) is 49.4 Å². The van der Waals surface area contributed by atoms with Gasteiger partial charge >= 0.3 is 0 Å². The zero-order valence-corrected chi connectivity index (χ0v) is 13.3. The van der Waals surface area contributed by atoms with Gasteiger partial charge in [0.1, 0.15) is 0 Å². The second-order valence-electron chi connectivity index (χ2n) is 5.41. The van der Waals surface area contributed by atoms with Crippen LogP contribution in [-0.2, 0) is 0 Å². The summed E-state index contributed by atoms with van der Waals surface area (Å²) in [4.78, 5) is 4.31. The van der Waals surface area contributed by atoms with E-state index in [1.54, 1.807) is 13.3 Å². The van der Waals surface area contributed by atoms with Crippen LogP contribution in [0.5, 0.6) is 5.88 Å². The number of hydrogen-bond acceptors (Lipinski definition) is 3. The van der Waals surface area contributed by atoms with E-state index in [0.717, 1.165) is 12.1 Å². The molecule has 0 bridgehead atoms. The molecule has 0 aliphatic heterocycles. The Bertz CT molecular complexity index is 564. The molecule has 1 heterocycles. The summed E-state index contributed by atoms with van der Waals surface area (Å²) in [6.45, 7) is 7.41. The van der Waals surface area contributed by atoms with Crippen LogP contribution >= 0.6 is 0 Å². The maximum Gasteiger partial charge on any atom is 0.218 e. The second-order valence-corrected chi connectivity index (χ2v) is 5.41. The molecule has 3 heteroatoms. The number of nitrogens with one attached hydrogen (secondary N) is 1. The van der Waals surface area contributed by atoms with E-state index >= 15 is 0 Å². The highest BCUT2D eigenvalue weighted by Gasteiger charge is 2.18. The molecule has 1 aromatic carbocycles. The highest BCUT2D eigenvalue weighted by molar-refractivity contribution is 5.38. The monoisotopic (exact) mass is 284 g/mol. The molecular weight excluding hydrogens is 260 g/mol. The van der Waals surface area contributed by atoms with Crippen molar-refractivity contribution >= 4 is 0 Å². The molecule has 0 saturated heterocycles. The predicted octanol–water partition coefficient (Wildman–Crippen LogP) is 3.91. The molecule has 1 atom stereocenters. The average Bonchev–Trinajstić information content (AvgIpc) is 2.52. The smallest absolute Gasteiger partial charge is 0.218 e. The first-order valence-electron chi connectivity index (χ1n) is 7.49. The van der Waals surface area contributed by atoms with Crippen LogP contribution < -0.4 is 10.1 Å². The molecule has 112 valence electrons. The van der Waals surface area contributed by atoms with E-state index in [1.165, 1.54) is 11.1 Å². The molecule has 2 rings (SSSR count). The zero-order valence-electron chi connectivity index (χ0n) is 13.3. The van der Waals surface area contributed by atoms with Gasteiger partial charge in [-0.1, -0.05) is 51.1 Å². The summed E-state index contributed by atoms with van der Waals surface area (Å²) < 4.78 is 5.40. The Hall–Kier alpha value is -1.87. The van der Waals surface area contributed by atoms with Crippen molar-refractivity contribution in [3.05, 3.63) is 59.3 Å². The minimum Gasteiger partial charge on any atom is -0.481 e. The molecule has 1 N–H and O–H groups in total. The van der Waals surface area contributed by atoms with Gasteiger partial charge in [0.05, 0.1) is 13.2 Å². The summed E-state index contributed by atoms with van der Waals surface area (Å²) in [7, 11) is 1.66. The van der Waals surface area contributed by atoms with Gasteiger partial charge < -0.3 is 10.1 Å². The molecule has 0 spiro atoms. The van der Waals surface area contributed by atoms with Crippen LogP contribution in [0.25, 0.3) is 0 Å². The fraction of sp³-hybridized carbons (Fsp3) is 0.389. The lowest BCUT2D eigenvalue weighted by atomic mass is 9.95. The molecule has 0 fully saturated rings. The van der Waals surface area contributed by atoms with E-state index < -0.39 is 0 Å². The SMILES string of the molecule is CCNC(c1ccc(C(C)C)cc1)c1cccnc1OC. The van der Waals surface area contributed by atoms with E-state index in [4.69, 9.17) is 4.74 Å². The molecule has 0 amide bonds. The number of benzene rings is 1. The number of hydrogen-bond donors (Lipinski definition) is 1. The van der Waals surface area contributed by atoms with Crippen LogP contribution in [0.2, 0.25) is 0 Å². The standard InChI is InChI=1S/C18H24N2O/c1-5-19-17(16-7-6-12-20-18(16)21-4)15-10-8-14(9-11-15)13(2)3/h6-13,17,19H,5H2,1-4H3. The van der Waals surface area contributed by atoms with Crippen molar-refractivity contribution in [2.75, 3.05) is 13.7 Å². The molecule has 2 aromatic rings. The minimum absolute atomic E-state index is 0.0971. The Balaban J connectivity index is 2.38. The van der Waals surface area contributed by atoms with Gasteiger partial charge in [-0.2, -0.15) is 0 Å². The summed E-state index contributed by atoms with van der Waals surface area (Å²) in [6, 6.07) is 12.9. The third kappa shape index (κ3) is 3.61. The normalized spacial score (nSPS) is 12.4. The van der Waals surface area contributed by atoms with Crippen LogP contribution in [-0.4, -0.2) is 18.6 Å². The number of nitrogens with zero attached hydrogens (tertiary/aromatic N) is 1. The van der Waals surface area contributed by atoms with Crippen LogP contribution in [0.15, 0.2) is 42.6 Å². The van der Waals surface area contributed by atoms with Crippen LogP contribution in [0.4, 0.5) is 0 Å². The van der Waals surface area contributed by atoms with Gasteiger partial charge in [0.2, 0.25) is 5.88 Å². The first kappa shape index (κ1) is 15.5. The highest BCUT2D eigenvalue weighted by Crippen LogP contribution is 2.29. The number of ether oxygens (including phenoxy) is 1. The third-order valence-corrected chi connectivity index (χ3v) is 3.65. The molecule has 0 saturated carbocycles. The zero-order chi connectivity index (χ0) is 15.2. The summed E-state index contributed by atoms with van der Waals surface area (Å²) in [5, 5.41) is 3.52. The minimum atomic E-state index is 0.0971. The maximum atomic E-state index is 5.40. The largest absolute Gasteiger partial charge is 0.481 e. The Morgan fingerprint density at radius 2 is 1.76 bits per heavy atom. The van der Waals surface area contributed by atoms with Gasteiger partial charge in [-0.25, -0.2) is 4.98 Å². The van der Waals surface area contributed by atoms with Gasteiger partial charge in [0.25, 0.3) is 0 Å². The summed E-state index contributed by atoms with van der Waals surface area (Å²) in [5.74, 6) is 1.22. The van der Waals surface area contributed by atoms with Crippen molar-refractivity contribution < 1.29 is 4.74 Å². The van der Waals surface area contributed by atoms with Gasteiger partial charge in [-0.05, 0) is 29.7 Å². The molecule has 0 aliphatic carbocycles. The fourth-order valence-electron chi connectivity index (χ4n) is 2.48. The second kappa shape index (κ2) is 7.23. The third-order valence-electron chi connectivity index (χ3n) is 3.65. The molecule has 1 unspecified atom stereocenters. The fourth-order valence-corrected chi connectivity index (χ4v) is 2.48. The summed E-state index contributed by atoms with van der Waals surface area (Å²) in [6.07, 6.45) is 1.76. The number of aromatic nitrogens is 1. The van der Waals surface area contributed by atoms with Gasteiger partial charge in [0, 0.05) is 11.8 Å². The molecule has 1 aromatic heterocycles. The predicted molar refractivity (Wildman–Crippen MR) is 86.8 cm³/mol. The first-order chi connectivity index (χ1) is 10.2. The first-order valence-corrected chi connectivity index (χ1v) is 7.49. The summed E-state index contributed by atoms with van der Waals surface area (Å²) in [5.41, 5.74) is 3.65. The number of methoxy groups -OCH3 is 1. The van der Waals surface area contributed by atoms with Crippen LogP contribution in [0, 0.1) is 0 Å². The van der Waals surface area contributed by atoms with E-state index in [-0.39, 0.29) is 6.04 Å². The van der Waals surface area contributed by atoms with E-state index in [9.17, 15) is 0 Å². The van der Waals surface area contributed by atoms with Gasteiger partial charge in [-0.3, -0.25) is 0 Å². The lowest BCUT2D eigenvalue weighted by Crippen LogP contribution is -2.22. The molecule has 0 aliphatic rings. The van der Waals surface area contributed by atoms with Crippen molar-refractivity contribution in [2.45, 2.75) is 32.7 Å². The molecule has 3 nitrogen and oxygen atoms in total. The number of pyridine rings is 1. The van der Waals surface area contributed by atoms with Crippen molar-refractivity contribution in [1.82, 2.24) is 10.3 Å². The average molecular weight is 284 g/mol. The lowest BCUT2D eigenvalue weighted by Gasteiger charge is -2.21.